The highest BCUT2D eigenvalue weighted by molar-refractivity contribution is 7.89. The first-order valence-corrected chi connectivity index (χ1v) is 10.4. The number of fused-ring (bicyclic) bond motifs is 1. The maximum absolute atomic E-state index is 12.5. The predicted molar refractivity (Wildman–Crippen MR) is 110 cm³/mol. The molecule has 0 N–H and O–H groups in total. The minimum absolute atomic E-state index is 0.622. The van der Waals surface area contributed by atoms with Gasteiger partial charge in [0.2, 0.25) is 10.0 Å². The standard InChI is InChI=1S/C23H17NO2S/c1-27(25,26)24-22-14-8-6-12-20(22)17-23(24)21-13-7-5-11-19(21)16-15-18-9-3-2-4-10-18/h2-14,17H,1H3. The lowest BCUT2D eigenvalue weighted by molar-refractivity contribution is 0.595. The van der Waals surface area contributed by atoms with E-state index in [9.17, 15) is 8.42 Å². The van der Waals surface area contributed by atoms with Crippen LogP contribution in [-0.4, -0.2) is 18.6 Å². The summed E-state index contributed by atoms with van der Waals surface area (Å²) in [6, 6.07) is 26.7. The van der Waals surface area contributed by atoms with Crippen molar-refractivity contribution in [1.82, 2.24) is 3.97 Å². The van der Waals surface area contributed by atoms with E-state index in [2.05, 4.69) is 11.8 Å². The Morgan fingerprint density at radius 2 is 1.44 bits per heavy atom. The van der Waals surface area contributed by atoms with Crippen LogP contribution >= 0.6 is 0 Å². The average molecular weight is 371 g/mol. The van der Waals surface area contributed by atoms with E-state index in [1.54, 1.807) is 0 Å². The van der Waals surface area contributed by atoms with Gasteiger partial charge in [-0.25, -0.2) is 12.4 Å². The Kier molecular flexibility index (Phi) is 4.31. The smallest absolute Gasteiger partial charge is 0.236 e. The summed E-state index contributed by atoms with van der Waals surface area (Å²) in [5, 5.41) is 0.878. The fraction of sp³-hybridized carbons (Fsp3) is 0.0435. The van der Waals surface area contributed by atoms with Crippen molar-refractivity contribution in [3.63, 3.8) is 0 Å². The predicted octanol–water partition coefficient (Wildman–Crippen LogP) is 4.52. The summed E-state index contributed by atoms with van der Waals surface area (Å²) in [7, 11) is -3.48. The summed E-state index contributed by atoms with van der Waals surface area (Å²) in [5.74, 6) is 6.35. The van der Waals surface area contributed by atoms with Gasteiger partial charge in [-0.15, -0.1) is 0 Å². The van der Waals surface area contributed by atoms with Crippen LogP contribution < -0.4 is 0 Å². The highest BCUT2D eigenvalue weighted by Crippen LogP contribution is 2.31. The molecule has 0 unspecified atom stereocenters. The van der Waals surface area contributed by atoms with Crippen LogP contribution in [0, 0.1) is 11.8 Å². The SMILES string of the molecule is CS(=O)(=O)n1c(-c2ccccc2C#Cc2ccccc2)cc2ccccc21. The highest BCUT2D eigenvalue weighted by atomic mass is 32.2. The van der Waals surface area contributed by atoms with Crippen molar-refractivity contribution in [1.29, 1.82) is 0 Å². The molecule has 0 atom stereocenters. The molecule has 0 aliphatic heterocycles. The van der Waals surface area contributed by atoms with Crippen LogP contribution in [0.2, 0.25) is 0 Å². The summed E-state index contributed by atoms with van der Waals surface area (Å²) in [5.41, 5.74) is 3.78. The molecule has 27 heavy (non-hydrogen) atoms. The van der Waals surface area contributed by atoms with E-state index in [1.807, 2.05) is 84.9 Å². The number of rotatable bonds is 2. The Labute approximate surface area is 159 Å². The van der Waals surface area contributed by atoms with Crippen molar-refractivity contribution < 1.29 is 8.42 Å². The number of para-hydroxylation sites is 1. The Bertz CT molecular complexity index is 1290. The molecule has 4 rings (SSSR count). The van der Waals surface area contributed by atoms with Crippen molar-refractivity contribution in [2.45, 2.75) is 0 Å². The quantitative estimate of drug-likeness (QED) is 0.486. The van der Waals surface area contributed by atoms with Gasteiger partial charge >= 0.3 is 0 Å². The van der Waals surface area contributed by atoms with Crippen LogP contribution in [0.4, 0.5) is 0 Å². The van der Waals surface area contributed by atoms with Crippen LogP contribution in [0.1, 0.15) is 11.1 Å². The molecule has 0 bridgehead atoms. The molecule has 0 radical (unpaired) electrons. The van der Waals surface area contributed by atoms with Crippen LogP contribution in [0.5, 0.6) is 0 Å². The van der Waals surface area contributed by atoms with E-state index in [-0.39, 0.29) is 0 Å². The highest BCUT2D eigenvalue weighted by Gasteiger charge is 2.18. The fourth-order valence-corrected chi connectivity index (χ4v) is 4.18. The van der Waals surface area contributed by atoms with Gasteiger partial charge in [-0.05, 0) is 30.3 Å². The lowest BCUT2D eigenvalue weighted by Gasteiger charge is -2.10. The summed E-state index contributed by atoms with van der Waals surface area (Å²) < 4.78 is 26.4. The largest absolute Gasteiger partial charge is 0.237 e. The molecule has 1 aromatic heterocycles. The zero-order valence-corrected chi connectivity index (χ0v) is 15.6. The lowest BCUT2D eigenvalue weighted by atomic mass is 10.0. The zero-order valence-electron chi connectivity index (χ0n) is 14.8. The van der Waals surface area contributed by atoms with E-state index < -0.39 is 10.0 Å². The van der Waals surface area contributed by atoms with Gasteiger partial charge in [0.05, 0.1) is 17.5 Å². The van der Waals surface area contributed by atoms with Gasteiger partial charge < -0.3 is 0 Å². The molecule has 0 saturated carbocycles. The number of hydrogen-bond acceptors (Lipinski definition) is 2. The number of hydrogen-bond donors (Lipinski definition) is 0. The number of benzene rings is 3. The van der Waals surface area contributed by atoms with Gasteiger partial charge in [0, 0.05) is 22.1 Å². The topological polar surface area (TPSA) is 39.1 Å². The Balaban J connectivity index is 1.95. The van der Waals surface area contributed by atoms with Gasteiger partial charge in [0.15, 0.2) is 0 Å². The monoisotopic (exact) mass is 371 g/mol. The third-order valence-corrected chi connectivity index (χ3v) is 5.37. The average Bonchev–Trinajstić information content (AvgIpc) is 3.07. The fourth-order valence-electron chi connectivity index (χ4n) is 3.15. The lowest BCUT2D eigenvalue weighted by Crippen LogP contribution is -2.11. The first kappa shape index (κ1) is 17.1. The molecular weight excluding hydrogens is 354 g/mol. The van der Waals surface area contributed by atoms with Gasteiger partial charge in [-0.1, -0.05) is 66.4 Å². The molecule has 4 heteroatoms. The summed E-state index contributed by atoms with van der Waals surface area (Å²) in [4.78, 5) is 0. The summed E-state index contributed by atoms with van der Waals surface area (Å²) in [6.45, 7) is 0. The zero-order chi connectivity index (χ0) is 18.9. The minimum Gasteiger partial charge on any atom is -0.237 e. The molecule has 0 amide bonds. The van der Waals surface area contributed by atoms with Crippen molar-refractivity contribution in [2.75, 3.05) is 6.26 Å². The van der Waals surface area contributed by atoms with E-state index in [0.29, 0.717) is 11.2 Å². The maximum atomic E-state index is 12.5. The normalized spacial score (nSPS) is 11.1. The molecule has 1 heterocycles. The Morgan fingerprint density at radius 1 is 0.778 bits per heavy atom. The molecule has 132 valence electrons. The summed E-state index contributed by atoms with van der Waals surface area (Å²) in [6.07, 6.45) is 1.22. The Morgan fingerprint density at radius 3 is 2.22 bits per heavy atom. The third kappa shape index (κ3) is 3.38. The van der Waals surface area contributed by atoms with Crippen LogP contribution in [0.25, 0.3) is 22.2 Å². The van der Waals surface area contributed by atoms with Crippen molar-refractivity contribution >= 4 is 20.9 Å². The van der Waals surface area contributed by atoms with Gasteiger partial charge in [0.1, 0.15) is 0 Å². The number of aromatic nitrogens is 1. The Hall–Kier alpha value is -3.29. The second-order valence-corrected chi connectivity index (χ2v) is 8.11. The molecule has 4 aromatic rings. The molecule has 3 aromatic carbocycles. The van der Waals surface area contributed by atoms with Gasteiger partial charge in [-0.3, -0.25) is 0 Å². The molecule has 0 aliphatic carbocycles. The van der Waals surface area contributed by atoms with E-state index in [0.717, 1.165) is 22.1 Å². The van der Waals surface area contributed by atoms with Gasteiger partial charge in [-0.2, -0.15) is 0 Å². The minimum atomic E-state index is -3.48. The molecule has 0 saturated heterocycles. The van der Waals surface area contributed by atoms with Gasteiger partial charge in [0.25, 0.3) is 0 Å². The van der Waals surface area contributed by atoms with Crippen LogP contribution in [0.15, 0.2) is 84.9 Å². The molecule has 0 spiro atoms. The molecular formula is C23H17NO2S. The van der Waals surface area contributed by atoms with Crippen molar-refractivity contribution in [3.05, 3.63) is 96.1 Å². The number of nitrogens with zero attached hydrogens (tertiary/aromatic N) is 1. The van der Waals surface area contributed by atoms with Crippen molar-refractivity contribution in [3.8, 4) is 23.1 Å². The van der Waals surface area contributed by atoms with Crippen LogP contribution in [-0.2, 0) is 10.0 Å². The molecule has 3 nitrogen and oxygen atoms in total. The molecule has 0 aliphatic rings. The van der Waals surface area contributed by atoms with Crippen molar-refractivity contribution in [2.24, 2.45) is 0 Å². The summed E-state index contributed by atoms with van der Waals surface area (Å²) >= 11 is 0. The van der Waals surface area contributed by atoms with Crippen LogP contribution in [0.3, 0.4) is 0 Å². The third-order valence-electron chi connectivity index (χ3n) is 4.32. The maximum Gasteiger partial charge on any atom is 0.236 e. The first-order chi connectivity index (χ1) is 13.0. The first-order valence-electron chi connectivity index (χ1n) is 8.51. The second-order valence-electron chi connectivity index (χ2n) is 6.28. The van der Waals surface area contributed by atoms with E-state index in [4.69, 9.17) is 0 Å². The second kappa shape index (κ2) is 6.79. The molecule has 0 fully saturated rings. The van der Waals surface area contributed by atoms with E-state index >= 15 is 0 Å². The van der Waals surface area contributed by atoms with E-state index in [1.165, 1.54) is 10.2 Å².